The summed E-state index contributed by atoms with van der Waals surface area (Å²) in [6, 6.07) is 6.03. The van der Waals surface area contributed by atoms with Crippen LogP contribution in [0.4, 0.5) is 0 Å². The van der Waals surface area contributed by atoms with Crippen LogP contribution in [0.5, 0.6) is 5.75 Å². The monoisotopic (exact) mass is 257 g/mol. The zero-order valence-electron chi connectivity index (χ0n) is 8.59. The van der Waals surface area contributed by atoms with Gasteiger partial charge in [0, 0.05) is 6.04 Å². The highest BCUT2D eigenvalue weighted by molar-refractivity contribution is 9.10. The third-order valence-electron chi connectivity index (χ3n) is 1.94. The fourth-order valence-corrected chi connectivity index (χ4v) is 1.64. The standard InChI is InChI=1S/C11H16BrNO/c1-3-6-14-11-5-4-9(8(2)13)7-10(11)12/h4-5,7-8H,3,6,13H2,1-2H3/t8-/m0/s1. The normalized spacial score (nSPS) is 12.6. The topological polar surface area (TPSA) is 35.2 Å². The Hall–Kier alpha value is -0.540. The maximum atomic E-state index is 5.77. The molecule has 0 saturated heterocycles. The maximum Gasteiger partial charge on any atom is 0.133 e. The molecule has 0 spiro atoms. The Kier molecular flexibility index (Phi) is 4.42. The Morgan fingerprint density at radius 3 is 2.71 bits per heavy atom. The minimum Gasteiger partial charge on any atom is -0.492 e. The van der Waals surface area contributed by atoms with Crippen LogP contribution in [0.15, 0.2) is 22.7 Å². The molecule has 0 aliphatic heterocycles. The molecule has 0 aliphatic carbocycles. The predicted molar refractivity (Wildman–Crippen MR) is 62.5 cm³/mol. The molecule has 0 saturated carbocycles. The fourth-order valence-electron chi connectivity index (χ4n) is 1.13. The van der Waals surface area contributed by atoms with E-state index in [0.29, 0.717) is 0 Å². The Bertz CT molecular complexity index is 299. The molecule has 14 heavy (non-hydrogen) atoms. The predicted octanol–water partition coefficient (Wildman–Crippen LogP) is 3.26. The number of ether oxygens (including phenoxy) is 1. The summed E-state index contributed by atoms with van der Waals surface area (Å²) in [4.78, 5) is 0. The Balaban J connectivity index is 2.79. The summed E-state index contributed by atoms with van der Waals surface area (Å²) in [5.41, 5.74) is 6.88. The molecule has 0 aromatic heterocycles. The van der Waals surface area contributed by atoms with Gasteiger partial charge in [0.25, 0.3) is 0 Å². The van der Waals surface area contributed by atoms with Crippen molar-refractivity contribution in [2.45, 2.75) is 26.3 Å². The van der Waals surface area contributed by atoms with Crippen LogP contribution < -0.4 is 10.5 Å². The van der Waals surface area contributed by atoms with Gasteiger partial charge in [-0.3, -0.25) is 0 Å². The number of hydrogen-bond acceptors (Lipinski definition) is 2. The average molecular weight is 258 g/mol. The van der Waals surface area contributed by atoms with Gasteiger partial charge in [-0.2, -0.15) is 0 Å². The first-order valence-electron chi connectivity index (χ1n) is 4.83. The van der Waals surface area contributed by atoms with E-state index in [2.05, 4.69) is 22.9 Å². The molecule has 1 atom stereocenters. The maximum absolute atomic E-state index is 5.77. The summed E-state index contributed by atoms with van der Waals surface area (Å²) in [6.07, 6.45) is 1.02. The smallest absolute Gasteiger partial charge is 0.133 e. The zero-order valence-corrected chi connectivity index (χ0v) is 10.2. The molecule has 0 unspecified atom stereocenters. The lowest BCUT2D eigenvalue weighted by Gasteiger charge is -2.10. The van der Waals surface area contributed by atoms with Crippen molar-refractivity contribution < 1.29 is 4.74 Å². The van der Waals surface area contributed by atoms with Crippen molar-refractivity contribution in [1.82, 2.24) is 0 Å². The molecular weight excluding hydrogens is 242 g/mol. The average Bonchev–Trinajstić information content (AvgIpc) is 2.15. The first-order valence-corrected chi connectivity index (χ1v) is 5.62. The number of benzene rings is 1. The van der Waals surface area contributed by atoms with Crippen LogP contribution in [0.25, 0.3) is 0 Å². The van der Waals surface area contributed by atoms with Crippen molar-refractivity contribution in [3.63, 3.8) is 0 Å². The van der Waals surface area contributed by atoms with Gasteiger partial charge in [0.15, 0.2) is 0 Å². The molecule has 0 fully saturated rings. The summed E-state index contributed by atoms with van der Waals surface area (Å²) in [5.74, 6) is 0.885. The molecule has 0 amide bonds. The zero-order chi connectivity index (χ0) is 10.6. The van der Waals surface area contributed by atoms with Crippen molar-refractivity contribution in [3.05, 3.63) is 28.2 Å². The van der Waals surface area contributed by atoms with E-state index < -0.39 is 0 Å². The molecule has 78 valence electrons. The van der Waals surface area contributed by atoms with Gasteiger partial charge >= 0.3 is 0 Å². The lowest BCUT2D eigenvalue weighted by Crippen LogP contribution is -2.05. The quantitative estimate of drug-likeness (QED) is 0.899. The van der Waals surface area contributed by atoms with Crippen LogP contribution >= 0.6 is 15.9 Å². The molecule has 2 nitrogen and oxygen atoms in total. The van der Waals surface area contributed by atoms with E-state index >= 15 is 0 Å². The van der Waals surface area contributed by atoms with E-state index in [1.807, 2.05) is 25.1 Å². The highest BCUT2D eigenvalue weighted by Crippen LogP contribution is 2.27. The van der Waals surface area contributed by atoms with Gasteiger partial charge in [0.05, 0.1) is 11.1 Å². The Labute approximate surface area is 93.6 Å². The van der Waals surface area contributed by atoms with Crippen molar-refractivity contribution in [2.75, 3.05) is 6.61 Å². The first-order chi connectivity index (χ1) is 6.65. The van der Waals surface area contributed by atoms with Crippen LogP contribution in [-0.4, -0.2) is 6.61 Å². The van der Waals surface area contributed by atoms with Gasteiger partial charge in [-0.15, -0.1) is 0 Å². The van der Waals surface area contributed by atoms with Gasteiger partial charge in [-0.1, -0.05) is 13.0 Å². The van der Waals surface area contributed by atoms with Crippen LogP contribution in [-0.2, 0) is 0 Å². The van der Waals surface area contributed by atoms with Crippen LogP contribution in [0, 0.1) is 0 Å². The van der Waals surface area contributed by atoms with E-state index in [4.69, 9.17) is 10.5 Å². The van der Waals surface area contributed by atoms with E-state index in [1.54, 1.807) is 0 Å². The molecule has 1 aromatic carbocycles. The molecule has 3 heteroatoms. The number of rotatable bonds is 4. The van der Waals surface area contributed by atoms with Crippen molar-refractivity contribution in [3.8, 4) is 5.75 Å². The van der Waals surface area contributed by atoms with E-state index in [-0.39, 0.29) is 6.04 Å². The van der Waals surface area contributed by atoms with E-state index in [9.17, 15) is 0 Å². The minimum absolute atomic E-state index is 0.0616. The molecule has 1 rings (SSSR count). The van der Waals surface area contributed by atoms with Crippen LogP contribution in [0.3, 0.4) is 0 Å². The summed E-state index contributed by atoms with van der Waals surface area (Å²) in [7, 11) is 0. The lowest BCUT2D eigenvalue weighted by molar-refractivity contribution is 0.315. The summed E-state index contributed by atoms with van der Waals surface area (Å²) in [5, 5.41) is 0. The highest BCUT2D eigenvalue weighted by atomic mass is 79.9. The largest absolute Gasteiger partial charge is 0.492 e. The number of nitrogens with two attached hydrogens (primary N) is 1. The van der Waals surface area contributed by atoms with Gasteiger partial charge in [0.1, 0.15) is 5.75 Å². The second-order valence-corrected chi connectivity index (χ2v) is 4.18. The van der Waals surface area contributed by atoms with Crippen molar-refractivity contribution in [1.29, 1.82) is 0 Å². The third-order valence-corrected chi connectivity index (χ3v) is 2.56. The molecule has 0 heterocycles. The lowest BCUT2D eigenvalue weighted by atomic mass is 10.1. The molecule has 1 aromatic rings. The van der Waals surface area contributed by atoms with Crippen molar-refractivity contribution >= 4 is 15.9 Å². The van der Waals surface area contributed by atoms with Gasteiger partial charge in [0.2, 0.25) is 0 Å². The second kappa shape index (κ2) is 5.37. The molecule has 0 aliphatic rings. The molecule has 0 radical (unpaired) electrons. The van der Waals surface area contributed by atoms with E-state index in [1.165, 1.54) is 0 Å². The summed E-state index contributed by atoms with van der Waals surface area (Å²) < 4.78 is 6.51. The summed E-state index contributed by atoms with van der Waals surface area (Å²) in [6.45, 7) is 4.80. The first kappa shape index (κ1) is 11.5. The minimum atomic E-state index is 0.0616. The Morgan fingerprint density at radius 1 is 1.50 bits per heavy atom. The van der Waals surface area contributed by atoms with Crippen molar-refractivity contribution in [2.24, 2.45) is 5.73 Å². The van der Waals surface area contributed by atoms with Gasteiger partial charge < -0.3 is 10.5 Å². The SMILES string of the molecule is CCCOc1ccc([C@H](C)N)cc1Br. The van der Waals surface area contributed by atoms with Crippen LogP contribution in [0.2, 0.25) is 0 Å². The number of hydrogen-bond donors (Lipinski definition) is 1. The molecular formula is C11H16BrNO. The second-order valence-electron chi connectivity index (χ2n) is 3.33. The van der Waals surface area contributed by atoms with Gasteiger partial charge in [-0.25, -0.2) is 0 Å². The fraction of sp³-hybridized carbons (Fsp3) is 0.455. The van der Waals surface area contributed by atoms with Gasteiger partial charge in [-0.05, 0) is 47.0 Å². The molecule has 2 N–H and O–H groups in total. The highest BCUT2D eigenvalue weighted by Gasteiger charge is 2.04. The third kappa shape index (κ3) is 3.00. The molecule has 0 bridgehead atoms. The number of halogens is 1. The van der Waals surface area contributed by atoms with Crippen LogP contribution in [0.1, 0.15) is 31.9 Å². The van der Waals surface area contributed by atoms with E-state index in [0.717, 1.165) is 28.8 Å². The summed E-state index contributed by atoms with van der Waals surface area (Å²) >= 11 is 3.47. The Morgan fingerprint density at radius 2 is 2.21 bits per heavy atom.